The second-order valence-corrected chi connectivity index (χ2v) is 9.74. The summed E-state index contributed by atoms with van der Waals surface area (Å²) in [6.07, 6.45) is 10.4. The zero-order valence-corrected chi connectivity index (χ0v) is 20.0. The van der Waals surface area contributed by atoms with Gasteiger partial charge in [0, 0.05) is 43.4 Å². The van der Waals surface area contributed by atoms with Gasteiger partial charge in [-0.1, -0.05) is 6.42 Å². The molecule has 0 bridgehead atoms. The summed E-state index contributed by atoms with van der Waals surface area (Å²) >= 11 is 0. The van der Waals surface area contributed by atoms with Gasteiger partial charge in [0.15, 0.2) is 0 Å². The van der Waals surface area contributed by atoms with Crippen LogP contribution in [0.15, 0.2) is 48.8 Å². The van der Waals surface area contributed by atoms with Gasteiger partial charge in [0.1, 0.15) is 12.4 Å². The SMILES string of the molecule is O=C1COC2(CCN(c3ccc(OCCCN4CCCCC4)cc3)CC2)CN1c1ccncc1. The van der Waals surface area contributed by atoms with Crippen LogP contribution in [0.4, 0.5) is 11.4 Å². The molecule has 34 heavy (non-hydrogen) atoms. The Morgan fingerprint density at radius 2 is 1.65 bits per heavy atom. The minimum absolute atomic E-state index is 0.0192. The van der Waals surface area contributed by atoms with Gasteiger partial charge < -0.3 is 24.2 Å². The van der Waals surface area contributed by atoms with E-state index in [0.717, 1.165) is 56.9 Å². The number of aromatic nitrogens is 1. The molecule has 7 nitrogen and oxygen atoms in total. The summed E-state index contributed by atoms with van der Waals surface area (Å²) < 4.78 is 12.1. The normalized spacial score (nSPS) is 21.1. The van der Waals surface area contributed by atoms with E-state index < -0.39 is 0 Å². The monoisotopic (exact) mass is 464 g/mol. The second-order valence-electron chi connectivity index (χ2n) is 9.74. The molecule has 3 aliphatic heterocycles. The lowest BCUT2D eigenvalue weighted by atomic mass is 9.88. The number of amides is 1. The largest absolute Gasteiger partial charge is 0.494 e. The number of carbonyl (C=O) groups is 1. The van der Waals surface area contributed by atoms with Crippen LogP contribution in [0.5, 0.6) is 5.75 Å². The van der Waals surface area contributed by atoms with Gasteiger partial charge in [0.25, 0.3) is 5.91 Å². The summed E-state index contributed by atoms with van der Waals surface area (Å²) in [6.45, 7) is 6.97. The van der Waals surface area contributed by atoms with Gasteiger partial charge in [-0.15, -0.1) is 0 Å². The second kappa shape index (κ2) is 10.7. The number of pyridine rings is 1. The van der Waals surface area contributed by atoms with Crippen molar-refractivity contribution in [1.82, 2.24) is 9.88 Å². The quantitative estimate of drug-likeness (QED) is 0.582. The molecule has 3 fully saturated rings. The van der Waals surface area contributed by atoms with Crippen molar-refractivity contribution in [3.8, 4) is 5.75 Å². The van der Waals surface area contributed by atoms with E-state index in [1.165, 1.54) is 38.0 Å². The fourth-order valence-corrected chi connectivity index (χ4v) is 5.36. The zero-order valence-electron chi connectivity index (χ0n) is 20.0. The molecule has 0 atom stereocenters. The molecule has 0 unspecified atom stereocenters. The minimum Gasteiger partial charge on any atom is -0.494 e. The van der Waals surface area contributed by atoms with Gasteiger partial charge in [-0.25, -0.2) is 0 Å². The molecule has 4 heterocycles. The lowest BCUT2D eigenvalue weighted by molar-refractivity contribution is -0.141. The molecule has 0 radical (unpaired) electrons. The first-order valence-corrected chi connectivity index (χ1v) is 12.8. The fourth-order valence-electron chi connectivity index (χ4n) is 5.36. The van der Waals surface area contributed by atoms with E-state index in [-0.39, 0.29) is 18.1 Å². The van der Waals surface area contributed by atoms with Crippen LogP contribution in [0.3, 0.4) is 0 Å². The van der Waals surface area contributed by atoms with Crippen LogP contribution < -0.4 is 14.5 Å². The summed E-state index contributed by atoms with van der Waals surface area (Å²) in [5.74, 6) is 0.962. The summed E-state index contributed by atoms with van der Waals surface area (Å²) in [5.41, 5.74) is 1.84. The van der Waals surface area contributed by atoms with Crippen molar-refractivity contribution < 1.29 is 14.3 Å². The third-order valence-corrected chi connectivity index (χ3v) is 7.44. The fraction of sp³-hybridized carbons (Fsp3) is 0.556. The van der Waals surface area contributed by atoms with Crippen molar-refractivity contribution >= 4 is 17.3 Å². The van der Waals surface area contributed by atoms with Crippen LogP contribution in [0.25, 0.3) is 0 Å². The van der Waals surface area contributed by atoms with Gasteiger partial charge in [0.2, 0.25) is 0 Å². The Bertz CT molecular complexity index is 923. The molecule has 0 N–H and O–H groups in total. The maximum atomic E-state index is 12.5. The Morgan fingerprint density at radius 3 is 2.38 bits per heavy atom. The molecule has 182 valence electrons. The topological polar surface area (TPSA) is 58.1 Å². The molecule has 3 saturated heterocycles. The Hall–Kier alpha value is -2.64. The molecule has 5 rings (SSSR count). The highest BCUT2D eigenvalue weighted by Gasteiger charge is 2.42. The molecule has 1 spiro atoms. The van der Waals surface area contributed by atoms with E-state index in [2.05, 4.69) is 39.0 Å². The van der Waals surface area contributed by atoms with Crippen molar-refractivity contribution in [2.45, 2.75) is 44.1 Å². The highest BCUT2D eigenvalue weighted by Crippen LogP contribution is 2.34. The molecule has 1 amide bonds. The molecule has 1 aromatic heterocycles. The van der Waals surface area contributed by atoms with E-state index in [1.54, 1.807) is 12.4 Å². The first kappa shape index (κ1) is 23.1. The number of anilines is 2. The Balaban J connectivity index is 1.10. The Kier molecular flexibility index (Phi) is 7.30. The number of morpholine rings is 1. The van der Waals surface area contributed by atoms with Crippen molar-refractivity contribution in [2.75, 3.05) is 62.3 Å². The number of ether oxygens (including phenoxy) is 2. The number of rotatable bonds is 7. The van der Waals surface area contributed by atoms with Gasteiger partial charge in [-0.3, -0.25) is 9.78 Å². The molecule has 0 aliphatic carbocycles. The molecule has 0 saturated carbocycles. The predicted octanol–water partition coefficient (Wildman–Crippen LogP) is 3.74. The Morgan fingerprint density at radius 1 is 0.912 bits per heavy atom. The average molecular weight is 465 g/mol. The molecular weight excluding hydrogens is 428 g/mol. The maximum absolute atomic E-state index is 12.5. The van der Waals surface area contributed by atoms with Crippen molar-refractivity contribution in [3.05, 3.63) is 48.8 Å². The van der Waals surface area contributed by atoms with Crippen molar-refractivity contribution in [3.63, 3.8) is 0 Å². The molecule has 2 aromatic rings. The summed E-state index contributed by atoms with van der Waals surface area (Å²) in [4.78, 5) is 23.4. The number of carbonyl (C=O) groups excluding carboxylic acids is 1. The molecule has 7 heteroatoms. The van der Waals surface area contributed by atoms with E-state index in [9.17, 15) is 4.79 Å². The first-order valence-electron chi connectivity index (χ1n) is 12.8. The number of nitrogens with zero attached hydrogens (tertiary/aromatic N) is 4. The lowest BCUT2D eigenvalue weighted by Crippen LogP contribution is -2.59. The maximum Gasteiger partial charge on any atom is 0.253 e. The highest BCUT2D eigenvalue weighted by molar-refractivity contribution is 5.95. The number of benzene rings is 1. The highest BCUT2D eigenvalue weighted by atomic mass is 16.5. The Labute approximate surface area is 202 Å². The van der Waals surface area contributed by atoms with Crippen LogP contribution in [0.2, 0.25) is 0 Å². The van der Waals surface area contributed by atoms with E-state index >= 15 is 0 Å². The van der Waals surface area contributed by atoms with Crippen LogP contribution in [-0.2, 0) is 9.53 Å². The molecule has 1 aromatic carbocycles. The first-order chi connectivity index (χ1) is 16.7. The van der Waals surface area contributed by atoms with E-state index in [1.807, 2.05) is 17.0 Å². The predicted molar refractivity (Wildman–Crippen MR) is 134 cm³/mol. The van der Waals surface area contributed by atoms with Gasteiger partial charge >= 0.3 is 0 Å². The summed E-state index contributed by atoms with van der Waals surface area (Å²) in [5, 5.41) is 0. The third-order valence-electron chi connectivity index (χ3n) is 7.44. The summed E-state index contributed by atoms with van der Waals surface area (Å²) in [7, 11) is 0. The van der Waals surface area contributed by atoms with Crippen molar-refractivity contribution in [2.24, 2.45) is 0 Å². The minimum atomic E-state index is -0.273. The van der Waals surface area contributed by atoms with Gasteiger partial charge in [0.05, 0.1) is 18.8 Å². The smallest absolute Gasteiger partial charge is 0.253 e. The van der Waals surface area contributed by atoms with Crippen molar-refractivity contribution in [1.29, 1.82) is 0 Å². The number of hydrogen-bond donors (Lipinski definition) is 0. The lowest BCUT2D eigenvalue weighted by Gasteiger charge is -2.47. The van der Waals surface area contributed by atoms with Crippen LogP contribution in [0, 0.1) is 0 Å². The molecular formula is C27H36N4O3. The average Bonchev–Trinajstić information content (AvgIpc) is 2.90. The summed E-state index contributed by atoms with van der Waals surface area (Å²) in [6, 6.07) is 12.3. The van der Waals surface area contributed by atoms with Crippen LogP contribution in [0.1, 0.15) is 38.5 Å². The third kappa shape index (κ3) is 5.53. The standard InChI is InChI=1S/C27H36N4O3/c32-26-21-34-27(22-31(26)24-9-13-28-14-10-24)11-18-30(19-12-27)23-5-7-25(8-6-23)33-20-4-17-29-15-2-1-3-16-29/h5-10,13-14H,1-4,11-12,15-22H2. The van der Waals surface area contributed by atoms with Gasteiger partial charge in [-0.05, 0) is 81.6 Å². The number of piperidine rings is 2. The van der Waals surface area contributed by atoms with Gasteiger partial charge in [-0.2, -0.15) is 0 Å². The van der Waals surface area contributed by atoms with E-state index in [4.69, 9.17) is 9.47 Å². The molecule has 3 aliphatic rings. The van der Waals surface area contributed by atoms with Crippen LogP contribution in [-0.4, -0.2) is 73.9 Å². The van der Waals surface area contributed by atoms with Crippen LogP contribution >= 0.6 is 0 Å². The number of hydrogen-bond acceptors (Lipinski definition) is 6. The van der Waals surface area contributed by atoms with E-state index in [0.29, 0.717) is 6.54 Å². The number of likely N-dealkylation sites (tertiary alicyclic amines) is 1. The zero-order chi connectivity index (χ0) is 23.2.